The summed E-state index contributed by atoms with van der Waals surface area (Å²) in [6.07, 6.45) is 7.38. The monoisotopic (exact) mass is 692 g/mol. The Morgan fingerprint density at radius 3 is 2.00 bits per heavy atom. The van der Waals surface area contributed by atoms with Gasteiger partial charge in [0.05, 0.1) is 5.52 Å². The van der Waals surface area contributed by atoms with Crippen LogP contribution >= 0.6 is 0 Å². The van der Waals surface area contributed by atoms with Crippen LogP contribution in [0, 0.1) is 0 Å². The minimum Gasteiger partial charge on any atom is -0.449 e. The number of ether oxygens (including phenoxy) is 2. The van der Waals surface area contributed by atoms with Crippen molar-refractivity contribution in [3.05, 3.63) is 180 Å². The third kappa shape index (κ3) is 6.76. The first kappa shape index (κ1) is 33.9. The summed E-state index contributed by atoms with van der Waals surface area (Å²) in [6, 6.07) is 54.4. The number of nitrogens with two attached hydrogens (primary N) is 1. The van der Waals surface area contributed by atoms with E-state index in [9.17, 15) is 0 Å². The highest BCUT2D eigenvalue weighted by molar-refractivity contribution is 6.25. The van der Waals surface area contributed by atoms with Gasteiger partial charge in [0.15, 0.2) is 23.0 Å². The first-order chi connectivity index (χ1) is 26.1. The molecule has 2 N–H and O–H groups in total. The highest BCUT2D eigenvalue weighted by Gasteiger charge is 2.29. The molecule has 0 fully saturated rings. The number of hydrogen-bond acceptors (Lipinski definition) is 3. The second-order valence-corrected chi connectivity index (χ2v) is 13.7. The minimum atomic E-state index is 0.111. The quantitative estimate of drug-likeness (QED) is 0.161. The summed E-state index contributed by atoms with van der Waals surface area (Å²) in [7, 11) is 0. The minimum absolute atomic E-state index is 0.111. The molecule has 262 valence electrons. The Labute approximate surface area is 311 Å². The van der Waals surface area contributed by atoms with Crippen molar-refractivity contribution in [2.45, 2.75) is 45.4 Å². The molecule has 7 aromatic carbocycles. The van der Waals surface area contributed by atoms with Crippen LogP contribution in [0.15, 0.2) is 164 Å². The molecule has 0 radical (unpaired) electrons. The summed E-state index contributed by atoms with van der Waals surface area (Å²) < 4.78 is 15.6. The molecule has 1 unspecified atom stereocenters. The first-order valence-electron chi connectivity index (χ1n) is 18.7. The predicted octanol–water partition coefficient (Wildman–Crippen LogP) is 13.4. The Bertz CT molecular complexity index is 2550. The van der Waals surface area contributed by atoms with Crippen LogP contribution < -0.4 is 15.2 Å². The lowest BCUT2D eigenvalue weighted by molar-refractivity contribution is 0.366. The Hall–Kier alpha value is -6.26. The van der Waals surface area contributed by atoms with Crippen LogP contribution in [0.2, 0.25) is 0 Å². The summed E-state index contributed by atoms with van der Waals surface area (Å²) >= 11 is 0. The molecule has 2 heterocycles. The van der Waals surface area contributed by atoms with Crippen molar-refractivity contribution in [2.24, 2.45) is 5.73 Å². The van der Waals surface area contributed by atoms with Crippen LogP contribution in [0.1, 0.15) is 55.7 Å². The summed E-state index contributed by atoms with van der Waals surface area (Å²) in [4.78, 5) is 0. The van der Waals surface area contributed by atoms with E-state index in [4.69, 9.17) is 15.2 Å². The second kappa shape index (κ2) is 15.1. The first-order valence-corrected chi connectivity index (χ1v) is 18.7. The van der Waals surface area contributed by atoms with Gasteiger partial charge in [-0.15, -0.1) is 0 Å². The van der Waals surface area contributed by atoms with E-state index in [2.05, 4.69) is 128 Å². The molecule has 1 aliphatic rings. The molecule has 1 aliphatic heterocycles. The van der Waals surface area contributed by atoms with E-state index in [0.29, 0.717) is 5.75 Å². The van der Waals surface area contributed by atoms with E-state index in [1.54, 1.807) is 0 Å². The van der Waals surface area contributed by atoms with Gasteiger partial charge in [0.1, 0.15) is 5.52 Å². The lowest BCUT2D eigenvalue weighted by Gasteiger charge is -2.24. The van der Waals surface area contributed by atoms with Gasteiger partial charge in [-0.25, -0.2) is 0 Å². The topological polar surface area (TPSA) is 49.4 Å². The smallest absolute Gasteiger partial charge is 0.195 e. The molecule has 0 spiro atoms. The van der Waals surface area contributed by atoms with Crippen LogP contribution in [-0.4, -0.2) is 4.57 Å². The molecule has 1 atom stereocenters. The number of aryl methyl sites for hydroxylation is 1. The Morgan fingerprint density at radius 1 is 0.642 bits per heavy atom. The number of rotatable bonds is 8. The SMILES string of the molecule is CC(/C=C(\N)c1ccccc1)c1cccc(-n2c3ccccc3c3c4ccccc4c4c(c32)Oc2ccccc2O4)c1.CCCCCc1ccccc1. The molecule has 0 saturated heterocycles. The highest BCUT2D eigenvalue weighted by atomic mass is 16.6. The number of para-hydroxylation sites is 3. The van der Waals surface area contributed by atoms with Gasteiger partial charge >= 0.3 is 0 Å². The van der Waals surface area contributed by atoms with E-state index in [1.807, 2.05) is 54.6 Å². The van der Waals surface area contributed by atoms with E-state index >= 15 is 0 Å². The zero-order valence-corrected chi connectivity index (χ0v) is 30.3. The van der Waals surface area contributed by atoms with Gasteiger partial charge in [-0.2, -0.15) is 0 Å². The molecule has 4 nitrogen and oxygen atoms in total. The maximum atomic E-state index is 6.70. The van der Waals surface area contributed by atoms with Gasteiger partial charge in [0.2, 0.25) is 0 Å². The van der Waals surface area contributed by atoms with Gasteiger partial charge in [-0.05, 0) is 65.3 Å². The summed E-state index contributed by atoms with van der Waals surface area (Å²) in [5.41, 5.74) is 14.1. The fourth-order valence-corrected chi connectivity index (χ4v) is 7.42. The third-order valence-corrected chi connectivity index (χ3v) is 10.1. The van der Waals surface area contributed by atoms with Crippen molar-refractivity contribution in [1.82, 2.24) is 4.57 Å². The van der Waals surface area contributed by atoms with Crippen LogP contribution in [0.5, 0.6) is 23.0 Å². The fourth-order valence-electron chi connectivity index (χ4n) is 7.42. The molecule has 0 bridgehead atoms. The molecule has 1 aromatic heterocycles. The molecule has 53 heavy (non-hydrogen) atoms. The van der Waals surface area contributed by atoms with E-state index in [-0.39, 0.29) is 5.92 Å². The number of fused-ring (bicyclic) bond motifs is 9. The average molecular weight is 693 g/mol. The summed E-state index contributed by atoms with van der Waals surface area (Å²) in [5, 5.41) is 4.48. The molecular weight excluding hydrogens is 649 g/mol. The Morgan fingerprint density at radius 2 is 1.26 bits per heavy atom. The summed E-state index contributed by atoms with van der Waals surface area (Å²) in [6.45, 7) is 4.43. The lowest BCUT2D eigenvalue weighted by Crippen LogP contribution is -2.04. The number of aromatic nitrogens is 1. The maximum Gasteiger partial charge on any atom is 0.195 e. The van der Waals surface area contributed by atoms with Crippen molar-refractivity contribution in [1.29, 1.82) is 0 Å². The van der Waals surface area contributed by atoms with Crippen LogP contribution in [-0.2, 0) is 6.42 Å². The number of hydrogen-bond donors (Lipinski definition) is 1. The van der Waals surface area contributed by atoms with Gasteiger partial charge < -0.3 is 19.8 Å². The van der Waals surface area contributed by atoms with E-state index in [0.717, 1.165) is 61.4 Å². The van der Waals surface area contributed by atoms with Crippen molar-refractivity contribution < 1.29 is 9.47 Å². The van der Waals surface area contributed by atoms with Crippen molar-refractivity contribution >= 4 is 38.3 Å². The lowest BCUT2D eigenvalue weighted by atomic mass is 9.98. The average Bonchev–Trinajstić information content (AvgIpc) is 3.57. The zero-order valence-electron chi connectivity index (χ0n) is 30.3. The van der Waals surface area contributed by atoms with Gasteiger partial charge in [-0.1, -0.05) is 160 Å². The van der Waals surface area contributed by atoms with Crippen LogP contribution in [0.4, 0.5) is 0 Å². The van der Waals surface area contributed by atoms with Gasteiger partial charge in [0, 0.05) is 33.5 Å². The normalized spacial score (nSPS) is 12.7. The second-order valence-electron chi connectivity index (χ2n) is 13.7. The number of allylic oxidation sites excluding steroid dienone is 1. The molecule has 8 aromatic rings. The standard InChI is InChI=1S/C38H28N2O2.C11H16/c1-24(22-31(39)25-12-3-2-4-13-25)26-14-11-15-27(23-26)40-32-19-8-7-18-30(32)35-28-16-5-6-17-29(28)37-38(36(35)40)42-34-21-10-9-20-33(34)41-37;1-2-3-5-8-11-9-6-4-7-10-11/h2-24H,39H2,1H3;4,6-7,9-10H,2-3,5,8H2,1H3/b31-22-;. The predicted molar refractivity (Wildman–Crippen MR) is 222 cm³/mol. The van der Waals surface area contributed by atoms with Crippen molar-refractivity contribution in [2.75, 3.05) is 0 Å². The zero-order chi connectivity index (χ0) is 36.1. The molecule has 0 amide bonds. The van der Waals surface area contributed by atoms with Crippen molar-refractivity contribution in [3.63, 3.8) is 0 Å². The number of unbranched alkanes of at least 4 members (excludes halogenated alkanes) is 2. The Balaban J connectivity index is 0.000000314. The summed E-state index contributed by atoms with van der Waals surface area (Å²) in [5.74, 6) is 3.01. The maximum absolute atomic E-state index is 6.70. The fraction of sp³-hybridized carbons (Fsp3) is 0.143. The molecule has 0 aliphatic carbocycles. The van der Waals surface area contributed by atoms with Gasteiger partial charge in [-0.3, -0.25) is 0 Å². The van der Waals surface area contributed by atoms with Crippen LogP contribution in [0.25, 0.3) is 44.0 Å². The number of benzene rings is 7. The van der Waals surface area contributed by atoms with Crippen molar-refractivity contribution in [3.8, 4) is 28.7 Å². The molecule has 0 saturated carbocycles. The number of nitrogens with zero attached hydrogens (tertiary/aromatic N) is 1. The van der Waals surface area contributed by atoms with Gasteiger partial charge in [0.25, 0.3) is 0 Å². The van der Waals surface area contributed by atoms with Crippen LogP contribution in [0.3, 0.4) is 0 Å². The van der Waals surface area contributed by atoms with E-state index < -0.39 is 0 Å². The third-order valence-electron chi connectivity index (χ3n) is 10.1. The molecule has 9 rings (SSSR count). The molecule has 4 heteroatoms. The molecular formula is C49H44N2O2. The highest BCUT2D eigenvalue weighted by Crippen LogP contribution is 2.54. The Kier molecular flexibility index (Phi) is 9.68. The largest absolute Gasteiger partial charge is 0.449 e. The van der Waals surface area contributed by atoms with E-state index in [1.165, 1.54) is 42.2 Å².